The van der Waals surface area contributed by atoms with Crippen molar-refractivity contribution in [2.45, 2.75) is 81.8 Å². The van der Waals surface area contributed by atoms with Gasteiger partial charge in [-0.15, -0.1) is 0 Å². The number of aromatic hydroxyl groups is 1. The van der Waals surface area contributed by atoms with Gasteiger partial charge in [0.25, 0.3) is 0 Å². The fourth-order valence-corrected chi connectivity index (χ4v) is 7.21. The Kier molecular flexibility index (Phi) is 3.90. The van der Waals surface area contributed by atoms with Gasteiger partial charge in [0.15, 0.2) is 0 Å². The van der Waals surface area contributed by atoms with Gasteiger partial charge in [0, 0.05) is 36.8 Å². The van der Waals surface area contributed by atoms with Crippen molar-refractivity contribution in [2.24, 2.45) is 29.4 Å². The molecule has 5 saturated carbocycles. The first-order valence-corrected chi connectivity index (χ1v) is 11.2. The van der Waals surface area contributed by atoms with Crippen LogP contribution in [0.2, 0.25) is 0 Å². The highest BCUT2D eigenvalue weighted by atomic mass is 17.3. The second kappa shape index (κ2) is 6.18. The molecule has 28 heavy (non-hydrogen) atoms. The van der Waals surface area contributed by atoms with Gasteiger partial charge in [-0.3, -0.25) is 0 Å². The van der Waals surface area contributed by atoms with E-state index in [9.17, 15) is 5.11 Å². The first-order valence-electron chi connectivity index (χ1n) is 11.2. The fraction of sp³-hybridized carbons (Fsp3) is 0.739. The Morgan fingerprint density at radius 3 is 2.29 bits per heavy atom. The maximum atomic E-state index is 9.91. The monoisotopic (exact) mass is 385 g/mol. The molecule has 1 aliphatic heterocycles. The number of hydrogen-bond acceptors (Lipinski definition) is 5. The molecule has 152 valence electrons. The van der Waals surface area contributed by atoms with Crippen molar-refractivity contribution in [2.75, 3.05) is 0 Å². The summed E-state index contributed by atoms with van der Waals surface area (Å²) in [5.74, 6) is 2.54. The second-order valence-corrected chi connectivity index (χ2v) is 10.1. The number of benzene rings is 1. The zero-order chi connectivity index (χ0) is 18.9. The minimum absolute atomic E-state index is 0.290. The van der Waals surface area contributed by atoms with E-state index in [2.05, 4.69) is 6.07 Å². The Morgan fingerprint density at radius 2 is 1.64 bits per heavy atom. The lowest BCUT2D eigenvalue weighted by molar-refractivity contribution is -0.390. The summed E-state index contributed by atoms with van der Waals surface area (Å²) in [7, 11) is 0. The van der Waals surface area contributed by atoms with E-state index in [1.165, 1.54) is 37.7 Å². The van der Waals surface area contributed by atoms with E-state index in [1.807, 2.05) is 6.07 Å². The summed E-state index contributed by atoms with van der Waals surface area (Å²) in [6.07, 6.45) is 10.2. The first kappa shape index (κ1) is 17.7. The third-order valence-electron chi connectivity index (χ3n) is 8.49. The topological polar surface area (TPSA) is 73.9 Å². The van der Waals surface area contributed by atoms with Crippen LogP contribution < -0.4 is 5.73 Å². The summed E-state index contributed by atoms with van der Waals surface area (Å²) in [6.45, 7) is 0.365. The summed E-state index contributed by atoms with van der Waals surface area (Å²) in [5.41, 5.74) is 7.85. The van der Waals surface area contributed by atoms with Crippen LogP contribution in [0, 0.1) is 23.7 Å². The van der Waals surface area contributed by atoms with Crippen molar-refractivity contribution in [3.63, 3.8) is 0 Å². The lowest BCUT2D eigenvalue weighted by Crippen LogP contribution is -2.59. The molecule has 5 nitrogen and oxygen atoms in total. The van der Waals surface area contributed by atoms with Crippen LogP contribution in [-0.4, -0.2) is 16.7 Å². The Hall–Kier alpha value is -1.14. The van der Waals surface area contributed by atoms with Crippen LogP contribution in [-0.2, 0) is 21.1 Å². The molecular formula is C23H31NO4. The average Bonchev–Trinajstić information content (AvgIpc) is 3.07. The molecule has 5 aliphatic carbocycles. The van der Waals surface area contributed by atoms with Gasteiger partial charge in [-0.05, 0) is 74.3 Å². The Balaban J connectivity index is 1.17. The lowest BCUT2D eigenvalue weighted by Gasteiger charge is -2.57. The quantitative estimate of drug-likeness (QED) is 0.741. The molecular weight excluding hydrogens is 354 g/mol. The highest BCUT2D eigenvalue weighted by molar-refractivity contribution is 5.37. The van der Waals surface area contributed by atoms with Crippen molar-refractivity contribution in [1.82, 2.24) is 0 Å². The standard InChI is InChI=1S/C23H31NO4/c24-13-18-12-17(1-2-21(18)25)16-3-5-22(6-4-16)26-23(28-27-22)19-8-14-7-15(10-19)11-20(23)9-14/h1-2,12,14-16,19-20,25H,3-11,13,24H2. The molecule has 2 spiro atoms. The summed E-state index contributed by atoms with van der Waals surface area (Å²) < 4.78 is 6.80. The van der Waals surface area contributed by atoms with Crippen molar-refractivity contribution in [3.05, 3.63) is 29.3 Å². The Labute approximate surface area is 166 Å². The van der Waals surface area contributed by atoms with E-state index in [1.54, 1.807) is 6.07 Å². The molecule has 6 fully saturated rings. The third-order valence-corrected chi connectivity index (χ3v) is 8.49. The van der Waals surface area contributed by atoms with E-state index in [-0.39, 0.29) is 0 Å². The molecule has 0 radical (unpaired) electrons. The highest BCUT2D eigenvalue weighted by Crippen LogP contribution is 2.64. The SMILES string of the molecule is NCc1cc(C2CCC3(CC2)OOC2(O3)C3CC4CC(C3)CC2C4)ccc1O. The molecule has 1 saturated heterocycles. The Bertz CT molecular complexity index is 742. The summed E-state index contributed by atoms with van der Waals surface area (Å²) in [6, 6.07) is 5.87. The Morgan fingerprint density at radius 1 is 0.964 bits per heavy atom. The van der Waals surface area contributed by atoms with Gasteiger partial charge < -0.3 is 15.6 Å². The highest BCUT2D eigenvalue weighted by Gasteiger charge is 2.66. The first-order chi connectivity index (χ1) is 13.6. The molecule has 5 heteroatoms. The number of phenols is 1. The van der Waals surface area contributed by atoms with Crippen molar-refractivity contribution in [1.29, 1.82) is 0 Å². The van der Waals surface area contributed by atoms with Crippen molar-refractivity contribution in [3.8, 4) is 5.75 Å². The minimum atomic E-state index is -0.556. The zero-order valence-electron chi connectivity index (χ0n) is 16.4. The van der Waals surface area contributed by atoms with Gasteiger partial charge in [0.2, 0.25) is 11.6 Å². The molecule has 1 aromatic carbocycles. The van der Waals surface area contributed by atoms with E-state index in [0.717, 1.165) is 43.1 Å². The van der Waals surface area contributed by atoms with Gasteiger partial charge in [-0.25, -0.2) is 0 Å². The second-order valence-electron chi connectivity index (χ2n) is 10.1. The van der Waals surface area contributed by atoms with E-state index in [0.29, 0.717) is 30.0 Å². The van der Waals surface area contributed by atoms with E-state index >= 15 is 0 Å². The van der Waals surface area contributed by atoms with Gasteiger partial charge in [0.1, 0.15) is 5.75 Å². The number of hydrogen-bond donors (Lipinski definition) is 2. The largest absolute Gasteiger partial charge is 0.508 e. The average molecular weight is 386 g/mol. The van der Waals surface area contributed by atoms with Gasteiger partial charge in [-0.1, -0.05) is 12.1 Å². The fourth-order valence-electron chi connectivity index (χ4n) is 7.21. The van der Waals surface area contributed by atoms with Crippen LogP contribution in [0.1, 0.15) is 74.8 Å². The minimum Gasteiger partial charge on any atom is -0.508 e. The van der Waals surface area contributed by atoms with E-state index in [4.69, 9.17) is 20.2 Å². The molecule has 0 aromatic heterocycles. The molecule has 6 aliphatic rings. The van der Waals surface area contributed by atoms with Gasteiger partial charge in [-0.2, -0.15) is 9.78 Å². The molecule has 0 amide bonds. The summed E-state index contributed by atoms with van der Waals surface area (Å²) in [5, 5.41) is 9.91. The number of rotatable bonds is 2. The number of nitrogens with two attached hydrogens (primary N) is 1. The van der Waals surface area contributed by atoms with Gasteiger partial charge >= 0.3 is 0 Å². The van der Waals surface area contributed by atoms with Gasteiger partial charge in [0.05, 0.1) is 0 Å². The summed E-state index contributed by atoms with van der Waals surface area (Å²) >= 11 is 0. The smallest absolute Gasteiger partial charge is 0.210 e. The molecule has 1 aromatic rings. The normalized spacial score (nSPS) is 46.7. The van der Waals surface area contributed by atoms with Crippen LogP contribution in [0.5, 0.6) is 5.75 Å². The van der Waals surface area contributed by atoms with Crippen LogP contribution in [0.4, 0.5) is 0 Å². The van der Waals surface area contributed by atoms with E-state index < -0.39 is 11.6 Å². The zero-order valence-corrected chi connectivity index (χ0v) is 16.4. The van der Waals surface area contributed by atoms with Crippen molar-refractivity contribution < 1.29 is 19.6 Å². The van der Waals surface area contributed by atoms with Crippen LogP contribution in [0.3, 0.4) is 0 Å². The molecule has 3 N–H and O–H groups in total. The number of phenolic OH excluding ortho intramolecular Hbond substituents is 1. The van der Waals surface area contributed by atoms with Crippen LogP contribution in [0.25, 0.3) is 0 Å². The predicted molar refractivity (Wildman–Crippen MR) is 103 cm³/mol. The molecule has 1 heterocycles. The van der Waals surface area contributed by atoms with Crippen molar-refractivity contribution >= 4 is 0 Å². The predicted octanol–water partition coefficient (Wildman–Crippen LogP) is 4.34. The van der Waals surface area contributed by atoms with Crippen LogP contribution >= 0.6 is 0 Å². The molecule has 0 atom stereocenters. The lowest BCUT2D eigenvalue weighted by atomic mass is 9.53. The summed E-state index contributed by atoms with van der Waals surface area (Å²) in [4.78, 5) is 12.2. The number of ether oxygens (including phenoxy) is 1. The maximum absolute atomic E-state index is 9.91. The van der Waals surface area contributed by atoms with Crippen LogP contribution in [0.15, 0.2) is 18.2 Å². The molecule has 0 unspecified atom stereocenters. The molecule has 7 rings (SSSR count). The maximum Gasteiger partial charge on any atom is 0.210 e. The third kappa shape index (κ3) is 2.53. The molecule has 4 bridgehead atoms.